The van der Waals surface area contributed by atoms with E-state index in [2.05, 4.69) is 0 Å². The first kappa shape index (κ1) is 7.40. The molecule has 0 aromatic heterocycles. The molecule has 1 aliphatic heterocycles. The van der Waals surface area contributed by atoms with Crippen LogP contribution in [0.25, 0.3) is 0 Å². The van der Waals surface area contributed by atoms with Gasteiger partial charge < -0.3 is 10.0 Å². The van der Waals surface area contributed by atoms with E-state index < -0.39 is 24.5 Å². The van der Waals surface area contributed by atoms with Gasteiger partial charge >= 0.3 is 0 Å². The highest BCUT2D eigenvalue weighted by Gasteiger charge is 2.52. The lowest BCUT2D eigenvalue weighted by Gasteiger charge is -2.08. The fourth-order valence-corrected chi connectivity index (χ4v) is 0.870. The number of likely N-dealkylation sites (tertiary alicyclic amines) is 1. The lowest BCUT2D eigenvalue weighted by molar-refractivity contribution is -0.140. The van der Waals surface area contributed by atoms with Gasteiger partial charge in [0, 0.05) is 7.05 Å². The van der Waals surface area contributed by atoms with E-state index in [0.717, 1.165) is 4.90 Å². The van der Waals surface area contributed by atoms with Crippen LogP contribution in [0.4, 0.5) is 8.78 Å². The van der Waals surface area contributed by atoms with Crippen LogP contribution in [-0.4, -0.2) is 41.5 Å². The molecule has 0 spiro atoms. The Morgan fingerprint density at radius 2 is 2.30 bits per heavy atom. The van der Waals surface area contributed by atoms with Crippen molar-refractivity contribution < 1.29 is 18.7 Å². The second-order valence-electron chi connectivity index (χ2n) is 2.36. The van der Waals surface area contributed by atoms with E-state index in [-0.39, 0.29) is 0 Å². The zero-order valence-corrected chi connectivity index (χ0v) is 5.34. The fraction of sp³-hybridized carbons (Fsp3) is 0.800. The zero-order valence-electron chi connectivity index (χ0n) is 5.34. The maximum absolute atomic E-state index is 12.3. The van der Waals surface area contributed by atoms with Gasteiger partial charge in [-0.15, -0.1) is 0 Å². The molecule has 58 valence electrons. The van der Waals surface area contributed by atoms with Gasteiger partial charge in [0.05, 0.1) is 6.54 Å². The number of carbonyl (C=O) groups excluding carboxylic acids is 1. The van der Waals surface area contributed by atoms with Gasteiger partial charge in [-0.25, -0.2) is 8.78 Å². The second-order valence-corrected chi connectivity index (χ2v) is 2.36. The fourth-order valence-electron chi connectivity index (χ4n) is 0.870. The van der Waals surface area contributed by atoms with E-state index in [9.17, 15) is 13.6 Å². The van der Waals surface area contributed by atoms with Crippen LogP contribution in [-0.2, 0) is 4.79 Å². The molecule has 1 atom stereocenters. The number of nitrogens with zero attached hydrogens (tertiary/aromatic N) is 1. The molecule has 0 aromatic rings. The number of halogens is 2. The summed E-state index contributed by atoms with van der Waals surface area (Å²) in [6.07, 6.45) is -2.14. The number of hydrogen-bond acceptors (Lipinski definition) is 2. The van der Waals surface area contributed by atoms with Crippen LogP contribution in [0.15, 0.2) is 0 Å². The van der Waals surface area contributed by atoms with Crippen LogP contribution in [0.5, 0.6) is 0 Å². The molecule has 0 radical (unpaired) electrons. The van der Waals surface area contributed by atoms with Gasteiger partial charge in [-0.3, -0.25) is 4.79 Å². The van der Waals surface area contributed by atoms with Crippen LogP contribution in [0.3, 0.4) is 0 Å². The quantitative estimate of drug-likeness (QED) is 0.505. The Hall–Kier alpha value is -0.710. The molecule has 0 aromatic carbocycles. The van der Waals surface area contributed by atoms with E-state index in [4.69, 9.17) is 5.11 Å². The molecule has 10 heavy (non-hydrogen) atoms. The van der Waals surface area contributed by atoms with Gasteiger partial charge in [0.15, 0.2) is 6.10 Å². The third-order valence-corrected chi connectivity index (χ3v) is 1.46. The minimum Gasteiger partial charge on any atom is -0.378 e. The average molecular weight is 151 g/mol. The predicted molar refractivity (Wildman–Crippen MR) is 28.6 cm³/mol. The summed E-state index contributed by atoms with van der Waals surface area (Å²) < 4.78 is 24.7. The normalized spacial score (nSPS) is 31.4. The highest BCUT2D eigenvalue weighted by molar-refractivity contribution is 5.84. The summed E-state index contributed by atoms with van der Waals surface area (Å²) in [4.78, 5) is 11.3. The first-order valence-electron chi connectivity index (χ1n) is 2.76. The van der Waals surface area contributed by atoms with Crippen LogP contribution >= 0.6 is 0 Å². The predicted octanol–water partition coefficient (Wildman–Crippen LogP) is -0.545. The third-order valence-electron chi connectivity index (χ3n) is 1.46. The molecule has 0 unspecified atom stereocenters. The van der Waals surface area contributed by atoms with Crippen LogP contribution < -0.4 is 0 Å². The summed E-state index contributed by atoms with van der Waals surface area (Å²) in [7, 11) is 1.23. The van der Waals surface area contributed by atoms with Gasteiger partial charge in [-0.05, 0) is 0 Å². The van der Waals surface area contributed by atoms with Crippen molar-refractivity contribution in [3.8, 4) is 0 Å². The molecule has 1 amide bonds. The van der Waals surface area contributed by atoms with Crippen LogP contribution in [0, 0.1) is 0 Å². The van der Waals surface area contributed by atoms with Gasteiger partial charge in [-0.2, -0.15) is 0 Å². The first-order valence-corrected chi connectivity index (χ1v) is 2.76. The first-order chi connectivity index (χ1) is 4.45. The maximum atomic E-state index is 12.3. The van der Waals surface area contributed by atoms with Crippen molar-refractivity contribution in [3.05, 3.63) is 0 Å². The summed E-state index contributed by atoms with van der Waals surface area (Å²) in [6, 6.07) is 0. The minimum atomic E-state index is -3.27. The third kappa shape index (κ3) is 0.862. The SMILES string of the molecule is CN1CC(F)(F)[C@H](O)C1=O. The van der Waals surface area contributed by atoms with E-state index in [1.54, 1.807) is 0 Å². The summed E-state index contributed by atoms with van der Waals surface area (Å²) >= 11 is 0. The summed E-state index contributed by atoms with van der Waals surface area (Å²) in [5.74, 6) is -4.18. The van der Waals surface area contributed by atoms with Crippen molar-refractivity contribution in [1.82, 2.24) is 4.90 Å². The molecule has 1 aliphatic rings. The Kier molecular flexibility index (Phi) is 1.39. The van der Waals surface area contributed by atoms with Gasteiger partial charge in [-0.1, -0.05) is 0 Å². The molecule has 0 saturated carbocycles. The van der Waals surface area contributed by atoms with Crippen LogP contribution in [0.1, 0.15) is 0 Å². The Bertz CT molecular complexity index is 171. The van der Waals surface area contributed by atoms with Crippen molar-refractivity contribution in [2.75, 3.05) is 13.6 Å². The summed E-state index contributed by atoms with van der Waals surface area (Å²) in [5, 5.41) is 8.55. The second kappa shape index (κ2) is 1.88. The molecule has 1 heterocycles. The number of rotatable bonds is 0. The number of aliphatic hydroxyl groups is 1. The van der Waals surface area contributed by atoms with Gasteiger partial charge in [0.1, 0.15) is 0 Å². The monoisotopic (exact) mass is 151 g/mol. The number of alkyl halides is 2. The summed E-state index contributed by atoms with van der Waals surface area (Å²) in [5.41, 5.74) is 0. The summed E-state index contributed by atoms with van der Waals surface area (Å²) in [6.45, 7) is -0.688. The van der Waals surface area contributed by atoms with Gasteiger partial charge in [0.2, 0.25) is 0 Å². The van der Waals surface area contributed by atoms with E-state index in [0.29, 0.717) is 0 Å². The number of carbonyl (C=O) groups is 1. The molecule has 5 heteroatoms. The molecule has 1 N–H and O–H groups in total. The number of likely N-dealkylation sites (N-methyl/N-ethyl adjacent to an activating group) is 1. The molecule has 0 bridgehead atoms. The van der Waals surface area contributed by atoms with Crippen molar-refractivity contribution in [3.63, 3.8) is 0 Å². The van der Waals surface area contributed by atoms with E-state index in [1.165, 1.54) is 7.05 Å². The van der Waals surface area contributed by atoms with Crippen molar-refractivity contribution >= 4 is 5.91 Å². The zero-order chi connectivity index (χ0) is 7.94. The maximum Gasteiger partial charge on any atom is 0.299 e. The number of amides is 1. The molecule has 3 nitrogen and oxygen atoms in total. The average Bonchev–Trinajstić information content (AvgIpc) is 1.95. The minimum absolute atomic E-state index is 0.688. The molecule has 1 fully saturated rings. The molecule has 1 saturated heterocycles. The van der Waals surface area contributed by atoms with Crippen molar-refractivity contribution in [2.24, 2.45) is 0 Å². The highest BCUT2D eigenvalue weighted by Crippen LogP contribution is 2.26. The topological polar surface area (TPSA) is 40.5 Å². The lowest BCUT2D eigenvalue weighted by Crippen LogP contribution is -2.33. The van der Waals surface area contributed by atoms with E-state index in [1.807, 2.05) is 0 Å². The largest absolute Gasteiger partial charge is 0.378 e. The van der Waals surface area contributed by atoms with Crippen LogP contribution in [0.2, 0.25) is 0 Å². The number of hydrogen-bond donors (Lipinski definition) is 1. The Morgan fingerprint density at radius 1 is 1.80 bits per heavy atom. The Morgan fingerprint density at radius 3 is 2.40 bits per heavy atom. The number of aliphatic hydroxyl groups excluding tert-OH is 1. The lowest BCUT2D eigenvalue weighted by atomic mass is 10.2. The molecule has 1 rings (SSSR count). The smallest absolute Gasteiger partial charge is 0.299 e. The van der Waals surface area contributed by atoms with E-state index >= 15 is 0 Å². The molecule has 0 aliphatic carbocycles. The Balaban J connectivity index is 2.81. The van der Waals surface area contributed by atoms with Crippen molar-refractivity contribution in [2.45, 2.75) is 12.0 Å². The van der Waals surface area contributed by atoms with Crippen molar-refractivity contribution in [1.29, 1.82) is 0 Å². The standard InChI is InChI=1S/C5H7F2NO2/c1-8-2-5(6,7)3(9)4(8)10/h3,9H,2H2,1H3/t3-/m1/s1. The molecular weight excluding hydrogens is 144 g/mol. The highest BCUT2D eigenvalue weighted by atomic mass is 19.3. The Labute approximate surface area is 56.2 Å². The van der Waals surface area contributed by atoms with Gasteiger partial charge in [0.25, 0.3) is 11.8 Å². The molecular formula is C5H7F2NO2.